The molecule has 0 aliphatic carbocycles. The number of hydrogen-bond donors (Lipinski definition) is 1. The maximum Gasteiger partial charge on any atom is 0.310 e. The van der Waals surface area contributed by atoms with Crippen molar-refractivity contribution in [3.63, 3.8) is 0 Å². The Hall–Kier alpha value is -1.18. The van der Waals surface area contributed by atoms with Gasteiger partial charge in [-0.1, -0.05) is 11.6 Å². The second kappa shape index (κ2) is 5.78. The van der Waals surface area contributed by atoms with E-state index in [9.17, 15) is 4.79 Å². The topological polar surface area (TPSA) is 50.1 Å². The summed E-state index contributed by atoms with van der Waals surface area (Å²) >= 11 is 9.95. The van der Waals surface area contributed by atoms with E-state index in [1.165, 1.54) is 6.07 Å². The molecule has 0 radical (unpaired) electrons. The summed E-state index contributed by atoms with van der Waals surface area (Å²) in [6.45, 7) is 2.05. The summed E-state index contributed by atoms with van der Waals surface area (Å²) in [6.07, 6.45) is 0.0570. The van der Waals surface area contributed by atoms with Crippen LogP contribution >= 0.6 is 24.2 Å². The number of rotatable bonds is 3. The van der Waals surface area contributed by atoms with Crippen LogP contribution in [-0.4, -0.2) is 12.6 Å². The monoisotopic (exact) mass is 255 g/mol. The third-order valence-corrected chi connectivity index (χ3v) is 2.75. The number of nitriles is 1. The highest BCUT2D eigenvalue weighted by molar-refractivity contribution is 7.80. The normalized spacial score (nSPS) is 9.62. The lowest BCUT2D eigenvalue weighted by atomic mass is 10.1. The van der Waals surface area contributed by atoms with E-state index in [-0.39, 0.29) is 12.4 Å². The summed E-state index contributed by atoms with van der Waals surface area (Å²) in [6, 6.07) is 5.10. The Morgan fingerprint density at radius 2 is 2.31 bits per heavy atom. The molecule has 0 saturated heterocycles. The average molecular weight is 256 g/mol. The second-order valence-electron chi connectivity index (χ2n) is 3.05. The van der Waals surface area contributed by atoms with E-state index in [2.05, 4.69) is 12.6 Å². The molecule has 84 valence electrons. The molecule has 0 heterocycles. The number of esters is 1. The van der Waals surface area contributed by atoms with E-state index < -0.39 is 0 Å². The van der Waals surface area contributed by atoms with E-state index in [1.54, 1.807) is 13.0 Å². The fourth-order valence-electron chi connectivity index (χ4n) is 1.22. The molecule has 0 aliphatic rings. The molecule has 5 heteroatoms. The standard InChI is InChI=1S/C11H10ClNO2S/c1-2-15-11(14)5-7-4-10(16)9(12)3-8(7)6-13/h3-4,16H,2,5H2,1H3. The third-order valence-electron chi connectivity index (χ3n) is 1.93. The van der Waals surface area contributed by atoms with Gasteiger partial charge < -0.3 is 4.74 Å². The predicted octanol–water partition coefficient (Wildman–Crippen LogP) is 2.61. The smallest absolute Gasteiger partial charge is 0.310 e. The van der Waals surface area contributed by atoms with Crippen LogP contribution < -0.4 is 0 Å². The molecule has 1 aromatic rings. The first-order valence-electron chi connectivity index (χ1n) is 4.65. The summed E-state index contributed by atoms with van der Waals surface area (Å²) < 4.78 is 4.81. The fraction of sp³-hybridized carbons (Fsp3) is 0.273. The number of ether oxygens (including phenoxy) is 1. The Kier molecular flexibility index (Phi) is 4.66. The van der Waals surface area contributed by atoms with Gasteiger partial charge in [0.1, 0.15) is 0 Å². The quantitative estimate of drug-likeness (QED) is 0.667. The van der Waals surface area contributed by atoms with Gasteiger partial charge in [0, 0.05) is 4.90 Å². The molecule has 0 aliphatic heterocycles. The van der Waals surface area contributed by atoms with E-state index in [4.69, 9.17) is 21.6 Å². The number of benzene rings is 1. The minimum atomic E-state index is -0.367. The van der Waals surface area contributed by atoms with Crippen molar-refractivity contribution < 1.29 is 9.53 Å². The predicted molar refractivity (Wildman–Crippen MR) is 63.8 cm³/mol. The largest absolute Gasteiger partial charge is 0.466 e. The van der Waals surface area contributed by atoms with Gasteiger partial charge >= 0.3 is 5.97 Å². The molecule has 0 fully saturated rings. The van der Waals surface area contributed by atoms with Crippen LogP contribution in [0.15, 0.2) is 17.0 Å². The first-order valence-corrected chi connectivity index (χ1v) is 5.48. The van der Waals surface area contributed by atoms with Gasteiger partial charge in [-0.3, -0.25) is 4.79 Å². The summed E-state index contributed by atoms with van der Waals surface area (Å²) in [5.41, 5.74) is 0.950. The molecule has 0 atom stereocenters. The summed E-state index contributed by atoms with van der Waals surface area (Å²) in [5.74, 6) is -0.367. The van der Waals surface area contributed by atoms with Crippen molar-refractivity contribution in [2.75, 3.05) is 6.61 Å². The highest BCUT2D eigenvalue weighted by atomic mass is 35.5. The fourth-order valence-corrected chi connectivity index (χ4v) is 1.61. The van der Waals surface area contributed by atoms with E-state index in [1.807, 2.05) is 6.07 Å². The number of thiol groups is 1. The van der Waals surface area contributed by atoms with Crippen molar-refractivity contribution in [3.8, 4) is 6.07 Å². The van der Waals surface area contributed by atoms with Crippen LogP contribution in [0.1, 0.15) is 18.1 Å². The van der Waals surface area contributed by atoms with Crippen LogP contribution in [0.4, 0.5) is 0 Å². The van der Waals surface area contributed by atoms with Crippen LogP contribution in [0.25, 0.3) is 0 Å². The Morgan fingerprint density at radius 3 is 2.88 bits per heavy atom. The Bertz CT molecular complexity index is 454. The molecule has 0 bridgehead atoms. The first kappa shape index (κ1) is 12.9. The van der Waals surface area contributed by atoms with Crippen molar-refractivity contribution in [1.29, 1.82) is 5.26 Å². The molecule has 0 amide bonds. The number of carbonyl (C=O) groups is 1. The minimum absolute atomic E-state index is 0.0570. The summed E-state index contributed by atoms with van der Waals surface area (Å²) in [7, 11) is 0. The van der Waals surface area contributed by atoms with Gasteiger partial charge in [0.05, 0.1) is 29.7 Å². The number of carbonyl (C=O) groups excluding carboxylic acids is 1. The van der Waals surface area contributed by atoms with Crippen LogP contribution in [0.3, 0.4) is 0 Å². The molecule has 0 saturated carbocycles. The third kappa shape index (κ3) is 3.16. The highest BCUT2D eigenvalue weighted by Gasteiger charge is 2.11. The Labute approximate surface area is 104 Å². The maximum atomic E-state index is 11.3. The number of nitrogens with zero attached hydrogens (tertiary/aromatic N) is 1. The molecule has 0 aromatic heterocycles. The second-order valence-corrected chi connectivity index (χ2v) is 3.94. The molecule has 1 aromatic carbocycles. The van der Waals surface area contributed by atoms with E-state index >= 15 is 0 Å². The summed E-state index contributed by atoms with van der Waals surface area (Å²) in [4.78, 5) is 11.8. The van der Waals surface area contributed by atoms with Crippen LogP contribution in [-0.2, 0) is 16.0 Å². The first-order chi connectivity index (χ1) is 7.58. The zero-order chi connectivity index (χ0) is 12.1. The Balaban J connectivity index is 3.00. The van der Waals surface area contributed by atoms with Gasteiger partial charge in [-0.2, -0.15) is 5.26 Å². The van der Waals surface area contributed by atoms with Gasteiger partial charge in [-0.05, 0) is 24.6 Å². The number of halogens is 1. The van der Waals surface area contributed by atoms with Crippen molar-refractivity contribution in [2.45, 2.75) is 18.2 Å². The van der Waals surface area contributed by atoms with Crippen molar-refractivity contribution in [2.24, 2.45) is 0 Å². The molecule has 0 unspecified atom stereocenters. The average Bonchev–Trinajstić information content (AvgIpc) is 2.23. The number of hydrogen-bond acceptors (Lipinski definition) is 4. The highest BCUT2D eigenvalue weighted by Crippen LogP contribution is 2.24. The zero-order valence-corrected chi connectivity index (χ0v) is 10.3. The van der Waals surface area contributed by atoms with Gasteiger partial charge in [0.15, 0.2) is 0 Å². The van der Waals surface area contributed by atoms with Crippen LogP contribution in [0.2, 0.25) is 5.02 Å². The lowest BCUT2D eigenvalue weighted by Gasteiger charge is -2.06. The van der Waals surface area contributed by atoms with Crippen LogP contribution in [0, 0.1) is 11.3 Å². The van der Waals surface area contributed by atoms with Crippen molar-refractivity contribution in [3.05, 3.63) is 28.3 Å². The lowest BCUT2D eigenvalue weighted by Crippen LogP contribution is -2.08. The van der Waals surface area contributed by atoms with E-state index in [0.717, 1.165) is 0 Å². The molecule has 0 N–H and O–H groups in total. The molecule has 1 rings (SSSR count). The molecule has 0 spiro atoms. The summed E-state index contributed by atoms with van der Waals surface area (Å²) in [5, 5.41) is 9.29. The molecule has 3 nitrogen and oxygen atoms in total. The molecular formula is C11H10ClNO2S. The van der Waals surface area contributed by atoms with Gasteiger partial charge in [0.25, 0.3) is 0 Å². The van der Waals surface area contributed by atoms with Gasteiger partial charge in [-0.15, -0.1) is 12.6 Å². The Morgan fingerprint density at radius 1 is 1.62 bits per heavy atom. The van der Waals surface area contributed by atoms with E-state index in [0.29, 0.717) is 27.7 Å². The van der Waals surface area contributed by atoms with Gasteiger partial charge in [-0.25, -0.2) is 0 Å². The van der Waals surface area contributed by atoms with Crippen molar-refractivity contribution >= 4 is 30.2 Å². The minimum Gasteiger partial charge on any atom is -0.466 e. The van der Waals surface area contributed by atoms with Gasteiger partial charge in [0.2, 0.25) is 0 Å². The van der Waals surface area contributed by atoms with Crippen molar-refractivity contribution in [1.82, 2.24) is 0 Å². The molecular weight excluding hydrogens is 246 g/mol. The zero-order valence-electron chi connectivity index (χ0n) is 8.66. The lowest BCUT2D eigenvalue weighted by molar-refractivity contribution is -0.142. The SMILES string of the molecule is CCOC(=O)Cc1cc(S)c(Cl)cc1C#N. The maximum absolute atomic E-state index is 11.3. The molecule has 16 heavy (non-hydrogen) atoms. The van der Waals surface area contributed by atoms with Crippen LogP contribution in [0.5, 0.6) is 0 Å².